The standard InChI is InChI=1S/C16H17FN2O2/c1-11(20)19-8-4-7-15(19)16-18-10-13(21-16)9-12-5-2-3-6-14(12)17/h2-3,5-6,10,15H,4,7-9H2,1H3/t15-/m0/s1. The molecule has 1 fully saturated rings. The van der Waals surface area contributed by atoms with E-state index in [0.717, 1.165) is 19.4 Å². The third-order valence-corrected chi connectivity index (χ3v) is 3.84. The van der Waals surface area contributed by atoms with E-state index in [-0.39, 0.29) is 17.8 Å². The summed E-state index contributed by atoms with van der Waals surface area (Å²) in [5, 5.41) is 0. The molecule has 0 saturated carbocycles. The van der Waals surface area contributed by atoms with Crippen LogP contribution in [-0.4, -0.2) is 22.3 Å². The van der Waals surface area contributed by atoms with Gasteiger partial charge in [0, 0.05) is 19.9 Å². The van der Waals surface area contributed by atoms with E-state index in [1.54, 1.807) is 36.2 Å². The van der Waals surface area contributed by atoms with Crippen LogP contribution in [0.1, 0.15) is 43.0 Å². The number of benzene rings is 1. The second-order valence-corrected chi connectivity index (χ2v) is 5.30. The van der Waals surface area contributed by atoms with Crippen LogP contribution < -0.4 is 0 Å². The maximum Gasteiger partial charge on any atom is 0.220 e. The summed E-state index contributed by atoms with van der Waals surface area (Å²) in [6.45, 7) is 2.30. The maximum atomic E-state index is 13.6. The first kappa shape index (κ1) is 13.8. The summed E-state index contributed by atoms with van der Waals surface area (Å²) < 4.78 is 19.4. The molecule has 0 radical (unpaired) electrons. The lowest BCUT2D eigenvalue weighted by atomic mass is 10.1. The van der Waals surface area contributed by atoms with Gasteiger partial charge in [0.05, 0.1) is 6.20 Å². The number of carbonyl (C=O) groups is 1. The number of amides is 1. The van der Waals surface area contributed by atoms with Crippen molar-refractivity contribution in [1.29, 1.82) is 0 Å². The maximum absolute atomic E-state index is 13.6. The van der Waals surface area contributed by atoms with Crippen LogP contribution in [0.15, 0.2) is 34.9 Å². The Morgan fingerprint density at radius 1 is 1.48 bits per heavy atom. The van der Waals surface area contributed by atoms with Crippen LogP contribution in [-0.2, 0) is 11.2 Å². The van der Waals surface area contributed by atoms with Crippen molar-refractivity contribution in [3.8, 4) is 0 Å². The molecule has 2 aromatic rings. The Hall–Kier alpha value is -2.17. The molecule has 1 aliphatic heterocycles. The molecule has 3 rings (SSSR count). The summed E-state index contributed by atoms with van der Waals surface area (Å²) in [5.41, 5.74) is 0.579. The molecule has 1 amide bonds. The Kier molecular flexibility index (Phi) is 3.73. The van der Waals surface area contributed by atoms with Crippen molar-refractivity contribution < 1.29 is 13.6 Å². The van der Waals surface area contributed by atoms with Crippen LogP contribution in [0.2, 0.25) is 0 Å². The fourth-order valence-corrected chi connectivity index (χ4v) is 2.79. The largest absolute Gasteiger partial charge is 0.443 e. The van der Waals surface area contributed by atoms with E-state index in [4.69, 9.17) is 4.42 Å². The highest BCUT2D eigenvalue weighted by atomic mass is 19.1. The molecule has 21 heavy (non-hydrogen) atoms. The van der Waals surface area contributed by atoms with Crippen LogP contribution in [0.25, 0.3) is 0 Å². The van der Waals surface area contributed by atoms with Crippen molar-refractivity contribution in [2.75, 3.05) is 6.54 Å². The van der Waals surface area contributed by atoms with Crippen LogP contribution in [0.3, 0.4) is 0 Å². The molecule has 0 aliphatic carbocycles. The number of likely N-dealkylation sites (tertiary alicyclic amines) is 1. The number of aromatic nitrogens is 1. The Bertz CT molecular complexity index is 653. The third kappa shape index (κ3) is 2.82. The summed E-state index contributed by atoms with van der Waals surface area (Å²) >= 11 is 0. The normalized spacial score (nSPS) is 18.2. The molecular formula is C16H17FN2O2. The molecule has 1 atom stereocenters. The topological polar surface area (TPSA) is 46.3 Å². The zero-order chi connectivity index (χ0) is 14.8. The highest BCUT2D eigenvalue weighted by molar-refractivity contribution is 5.74. The first-order valence-corrected chi connectivity index (χ1v) is 7.10. The highest BCUT2D eigenvalue weighted by Crippen LogP contribution is 2.31. The van der Waals surface area contributed by atoms with Gasteiger partial charge in [-0.1, -0.05) is 18.2 Å². The zero-order valence-corrected chi connectivity index (χ0v) is 11.9. The predicted octanol–water partition coefficient (Wildman–Crippen LogP) is 3.09. The minimum Gasteiger partial charge on any atom is -0.443 e. The summed E-state index contributed by atoms with van der Waals surface area (Å²) in [5.74, 6) is 0.951. The number of oxazole rings is 1. The molecule has 4 nitrogen and oxygen atoms in total. The van der Waals surface area contributed by atoms with Gasteiger partial charge in [0.2, 0.25) is 11.8 Å². The van der Waals surface area contributed by atoms with Crippen molar-refractivity contribution >= 4 is 5.91 Å². The van der Waals surface area contributed by atoms with Gasteiger partial charge in [0.25, 0.3) is 0 Å². The van der Waals surface area contributed by atoms with Crippen molar-refractivity contribution in [3.05, 3.63) is 53.5 Å². The van der Waals surface area contributed by atoms with Gasteiger partial charge >= 0.3 is 0 Å². The van der Waals surface area contributed by atoms with Gasteiger partial charge in [-0.05, 0) is 24.5 Å². The van der Waals surface area contributed by atoms with E-state index >= 15 is 0 Å². The molecule has 1 saturated heterocycles. The minimum atomic E-state index is -0.248. The number of hydrogen-bond donors (Lipinski definition) is 0. The van der Waals surface area contributed by atoms with Gasteiger partial charge in [-0.2, -0.15) is 0 Å². The van der Waals surface area contributed by atoms with E-state index in [2.05, 4.69) is 4.98 Å². The van der Waals surface area contributed by atoms with Crippen LogP contribution in [0, 0.1) is 5.82 Å². The lowest BCUT2D eigenvalue weighted by molar-refractivity contribution is -0.130. The molecule has 110 valence electrons. The summed E-state index contributed by atoms with van der Waals surface area (Å²) in [7, 11) is 0. The molecule has 1 aliphatic rings. The Morgan fingerprint density at radius 3 is 3.05 bits per heavy atom. The van der Waals surface area contributed by atoms with E-state index in [9.17, 15) is 9.18 Å². The van der Waals surface area contributed by atoms with Gasteiger partial charge < -0.3 is 9.32 Å². The minimum absolute atomic E-state index is 0.0337. The lowest BCUT2D eigenvalue weighted by Crippen LogP contribution is -2.28. The average molecular weight is 288 g/mol. The number of rotatable bonds is 3. The Labute approximate surface area is 122 Å². The first-order chi connectivity index (χ1) is 10.1. The van der Waals surface area contributed by atoms with E-state index in [1.165, 1.54) is 6.07 Å². The van der Waals surface area contributed by atoms with Gasteiger partial charge in [-0.25, -0.2) is 9.37 Å². The molecular weight excluding hydrogens is 271 g/mol. The second kappa shape index (κ2) is 5.68. The third-order valence-electron chi connectivity index (χ3n) is 3.84. The van der Waals surface area contributed by atoms with E-state index < -0.39 is 0 Å². The summed E-state index contributed by atoms with van der Waals surface area (Å²) in [6, 6.07) is 6.53. The summed E-state index contributed by atoms with van der Waals surface area (Å²) in [6.07, 6.45) is 3.80. The Balaban J connectivity index is 1.78. The monoisotopic (exact) mass is 288 g/mol. The van der Waals surface area contributed by atoms with E-state index in [1.807, 2.05) is 0 Å². The molecule has 1 aromatic heterocycles. The van der Waals surface area contributed by atoms with Crippen LogP contribution in [0.5, 0.6) is 0 Å². The van der Waals surface area contributed by atoms with Gasteiger partial charge in [0.1, 0.15) is 17.6 Å². The molecule has 0 unspecified atom stereocenters. The van der Waals surface area contributed by atoms with Crippen molar-refractivity contribution in [2.45, 2.75) is 32.2 Å². The highest BCUT2D eigenvalue weighted by Gasteiger charge is 2.31. The SMILES string of the molecule is CC(=O)N1CCC[C@H]1c1ncc(Cc2ccccc2F)o1. The van der Waals surface area contributed by atoms with Gasteiger partial charge in [0.15, 0.2) is 0 Å². The molecule has 0 bridgehead atoms. The molecule has 1 aromatic carbocycles. The fourth-order valence-electron chi connectivity index (χ4n) is 2.79. The zero-order valence-electron chi connectivity index (χ0n) is 11.9. The fraction of sp³-hybridized carbons (Fsp3) is 0.375. The molecule has 0 spiro atoms. The smallest absolute Gasteiger partial charge is 0.220 e. The number of halogens is 1. The molecule has 0 N–H and O–H groups in total. The van der Waals surface area contributed by atoms with Crippen LogP contribution in [0.4, 0.5) is 4.39 Å². The van der Waals surface area contributed by atoms with Crippen molar-refractivity contribution in [2.24, 2.45) is 0 Å². The molecule has 5 heteroatoms. The van der Waals surface area contributed by atoms with Crippen LogP contribution >= 0.6 is 0 Å². The number of nitrogens with zero attached hydrogens (tertiary/aromatic N) is 2. The number of carbonyl (C=O) groups excluding carboxylic acids is 1. The lowest BCUT2D eigenvalue weighted by Gasteiger charge is -2.20. The Morgan fingerprint density at radius 2 is 2.29 bits per heavy atom. The van der Waals surface area contributed by atoms with Gasteiger partial charge in [-0.3, -0.25) is 4.79 Å². The quantitative estimate of drug-likeness (QED) is 0.872. The van der Waals surface area contributed by atoms with Crippen molar-refractivity contribution in [3.63, 3.8) is 0 Å². The van der Waals surface area contributed by atoms with Gasteiger partial charge in [-0.15, -0.1) is 0 Å². The van der Waals surface area contributed by atoms with Crippen molar-refractivity contribution in [1.82, 2.24) is 9.88 Å². The second-order valence-electron chi connectivity index (χ2n) is 5.30. The van der Waals surface area contributed by atoms with E-state index in [0.29, 0.717) is 23.6 Å². The number of hydrogen-bond acceptors (Lipinski definition) is 3. The summed E-state index contributed by atoms with van der Waals surface area (Å²) in [4.78, 5) is 17.6. The predicted molar refractivity (Wildman–Crippen MR) is 75.1 cm³/mol. The molecule has 2 heterocycles. The first-order valence-electron chi connectivity index (χ1n) is 7.10. The average Bonchev–Trinajstić information content (AvgIpc) is 3.09.